The maximum atomic E-state index is 6.15. The first-order valence-corrected chi connectivity index (χ1v) is 20.5. The SMILES string of the molecule is c1cc(-c2cccc3c2sc2ccccc23)cc(N(c2ccc(-c3ccc4oc5ccccc5c4c3)cc2)c2cccc(-n3c4ccccc4c4ccccc43)c2)c1. The monoisotopic (exact) mass is 758 g/mol. The lowest BCUT2D eigenvalue weighted by Gasteiger charge is -2.27. The van der Waals surface area contributed by atoms with Gasteiger partial charge in [0.05, 0.1) is 11.0 Å². The summed E-state index contributed by atoms with van der Waals surface area (Å²) in [4.78, 5) is 2.39. The average Bonchev–Trinajstić information content (AvgIpc) is 3.96. The average molecular weight is 759 g/mol. The molecule has 0 fully saturated rings. The van der Waals surface area contributed by atoms with Gasteiger partial charge in [0.2, 0.25) is 0 Å². The van der Waals surface area contributed by atoms with Crippen LogP contribution in [0.2, 0.25) is 0 Å². The van der Waals surface area contributed by atoms with Gasteiger partial charge in [-0.2, -0.15) is 0 Å². The van der Waals surface area contributed by atoms with Crippen molar-refractivity contribution in [3.63, 3.8) is 0 Å². The van der Waals surface area contributed by atoms with Gasteiger partial charge in [0.25, 0.3) is 0 Å². The Morgan fingerprint density at radius 2 is 1.00 bits per heavy atom. The van der Waals surface area contributed by atoms with Gasteiger partial charge < -0.3 is 13.9 Å². The largest absolute Gasteiger partial charge is 0.456 e. The zero-order valence-electron chi connectivity index (χ0n) is 31.3. The second-order valence-corrected chi connectivity index (χ2v) is 16.0. The Kier molecular flexibility index (Phi) is 7.40. The summed E-state index contributed by atoms with van der Waals surface area (Å²) in [5.74, 6) is 0. The molecule has 0 aliphatic rings. The maximum absolute atomic E-state index is 6.15. The van der Waals surface area contributed by atoms with Crippen LogP contribution in [0.3, 0.4) is 0 Å². The van der Waals surface area contributed by atoms with Crippen LogP contribution in [0.4, 0.5) is 17.1 Å². The Hall–Kier alpha value is -7.40. The highest BCUT2D eigenvalue weighted by atomic mass is 32.1. The number of para-hydroxylation sites is 3. The van der Waals surface area contributed by atoms with Crippen LogP contribution >= 0.6 is 11.3 Å². The lowest BCUT2D eigenvalue weighted by molar-refractivity contribution is 0.669. The van der Waals surface area contributed by atoms with Crippen LogP contribution < -0.4 is 4.90 Å². The van der Waals surface area contributed by atoms with Crippen LogP contribution in [-0.4, -0.2) is 4.57 Å². The molecule has 12 rings (SSSR count). The van der Waals surface area contributed by atoms with Crippen molar-refractivity contribution in [3.05, 3.63) is 206 Å². The number of nitrogens with zero attached hydrogens (tertiary/aromatic N) is 2. The predicted molar refractivity (Wildman–Crippen MR) is 247 cm³/mol. The minimum atomic E-state index is 0.905. The van der Waals surface area contributed by atoms with E-state index in [1.165, 1.54) is 53.1 Å². The normalized spacial score (nSPS) is 11.8. The summed E-state index contributed by atoms with van der Waals surface area (Å²) in [6.45, 7) is 0. The number of furan rings is 1. The molecule has 3 nitrogen and oxygen atoms in total. The van der Waals surface area contributed by atoms with Gasteiger partial charge in [-0.1, -0.05) is 127 Å². The zero-order chi connectivity index (χ0) is 38.2. The van der Waals surface area contributed by atoms with Crippen molar-refractivity contribution >= 4 is 92.3 Å². The van der Waals surface area contributed by atoms with Gasteiger partial charge in [-0.15, -0.1) is 11.3 Å². The van der Waals surface area contributed by atoms with Crippen LogP contribution in [0, 0.1) is 0 Å². The Labute approximate surface area is 338 Å². The molecule has 3 heterocycles. The molecule has 3 aromatic heterocycles. The molecule has 272 valence electrons. The van der Waals surface area contributed by atoms with Gasteiger partial charge in [0.1, 0.15) is 11.2 Å². The van der Waals surface area contributed by atoms with Crippen molar-refractivity contribution in [2.24, 2.45) is 0 Å². The van der Waals surface area contributed by atoms with Gasteiger partial charge in [-0.25, -0.2) is 0 Å². The molecule has 0 aliphatic heterocycles. The van der Waals surface area contributed by atoms with Crippen molar-refractivity contribution in [2.75, 3.05) is 4.90 Å². The van der Waals surface area contributed by atoms with Crippen LogP contribution in [0.15, 0.2) is 211 Å². The summed E-state index contributed by atoms with van der Waals surface area (Å²) in [6.07, 6.45) is 0. The molecule has 0 bridgehead atoms. The van der Waals surface area contributed by atoms with Crippen LogP contribution in [-0.2, 0) is 0 Å². The van der Waals surface area contributed by atoms with E-state index in [0.29, 0.717) is 0 Å². The second kappa shape index (κ2) is 13.1. The summed E-state index contributed by atoms with van der Waals surface area (Å²) >= 11 is 1.87. The molecular formula is C54H34N2OS. The number of rotatable bonds is 6. The fraction of sp³-hybridized carbons (Fsp3) is 0. The molecule has 4 heteroatoms. The molecular weight excluding hydrogens is 725 g/mol. The van der Waals surface area contributed by atoms with Crippen molar-refractivity contribution in [2.45, 2.75) is 0 Å². The number of fused-ring (bicyclic) bond motifs is 9. The summed E-state index contributed by atoms with van der Waals surface area (Å²) in [5.41, 5.74) is 13.3. The van der Waals surface area contributed by atoms with E-state index in [2.05, 4.69) is 204 Å². The van der Waals surface area contributed by atoms with Crippen molar-refractivity contribution < 1.29 is 4.42 Å². The fourth-order valence-corrected chi connectivity index (χ4v) is 10.2. The summed E-state index contributed by atoms with van der Waals surface area (Å²) in [7, 11) is 0. The van der Waals surface area contributed by atoms with Crippen molar-refractivity contribution in [3.8, 4) is 27.9 Å². The molecule has 0 radical (unpaired) electrons. The fourth-order valence-electron chi connectivity index (χ4n) is 8.91. The molecule has 0 aliphatic carbocycles. The number of aromatic nitrogens is 1. The first kappa shape index (κ1) is 32.8. The van der Waals surface area contributed by atoms with Crippen LogP contribution in [0.25, 0.3) is 91.9 Å². The van der Waals surface area contributed by atoms with Crippen LogP contribution in [0.5, 0.6) is 0 Å². The Morgan fingerprint density at radius 1 is 0.379 bits per heavy atom. The molecule has 0 spiro atoms. The molecule has 58 heavy (non-hydrogen) atoms. The molecule has 0 amide bonds. The smallest absolute Gasteiger partial charge is 0.135 e. The number of hydrogen-bond donors (Lipinski definition) is 0. The predicted octanol–water partition coefficient (Wildman–Crippen LogP) is 15.9. The Morgan fingerprint density at radius 3 is 1.81 bits per heavy atom. The lowest BCUT2D eigenvalue weighted by atomic mass is 10.0. The summed E-state index contributed by atoms with van der Waals surface area (Å²) in [5, 5.41) is 7.38. The lowest BCUT2D eigenvalue weighted by Crippen LogP contribution is -2.10. The van der Waals surface area contributed by atoms with Gasteiger partial charge in [-0.3, -0.25) is 0 Å². The third-order valence-corrected chi connectivity index (χ3v) is 12.8. The molecule has 0 saturated carbocycles. The van der Waals surface area contributed by atoms with Crippen LogP contribution in [0.1, 0.15) is 0 Å². The quantitative estimate of drug-likeness (QED) is 0.168. The highest BCUT2D eigenvalue weighted by Gasteiger charge is 2.18. The van der Waals surface area contributed by atoms with E-state index < -0.39 is 0 Å². The van der Waals surface area contributed by atoms with E-state index in [1.54, 1.807) is 0 Å². The van der Waals surface area contributed by atoms with Gasteiger partial charge in [-0.05, 0) is 101 Å². The van der Waals surface area contributed by atoms with E-state index in [1.807, 2.05) is 23.5 Å². The molecule has 0 N–H and O–H groups in total. The first-order valence-electron chi connectivity index (χ1n) is 19.7. The minimum Gasteiger partial charge on any atom is -0.456 e. The standard InChI is InChI=1S/C54H34N2OS/c1-5-22-49-43(16-1)44-17-2-6-23-50(44)56(49)41-15-10-14-40(34-41)55(38-29-26-35(27-30-38)36-28-31-52-48(33-36)45-18-3-7-24-51(45)57-52)39-13-9-12-37(32-39)42-20-11-21-47-46-19-4-8-25-53(46)58-54(42)47/h1-34H. The van der Waals surface area contributed by atoms with E-state index in [0.717, 1.165) is 55.8 Å². The van der Waals surface area contributed by atoms with E-state index >= 15 is 0 Å². The second-order valence-electron chi connectivity index (χ2n) is 14.9. The number of hydrogen-bond acceptors (Lipinski definition) is 3. The first-order chi connectivity index (χ1) is 28.7. The number of anilines is 3. The number of benzene rings is 9. The maximum Gasteiger partial charge on any atom is 0.135 e. The third kappa shape index (κ3) is 5.19. The van der Waals surface area contributed by atoms with Gasteiger partial charge >= 0.3 is 0 Å². The zero-order valence-corrected chi connectivity index (χ0v) is 32.2. The van der Waals surface area contributed by atoms with Gasteiger partial charge in [0, 0.05) is 64.5 Å². The Balaban J connectivity index is 1.02. The molecule has 9 aromatic carbocycles. The minimum absolute atomic E-state index is 0.905. The topological polar surface area (TPSA) is 21.3 Å². The summed E-state index contributed by atoms with van der Waals surface area (Å²) < 4.78 is 11.2. The van der Waals surface area contributed by atoms with Gasteiger partial charge in [0.15, 0.2) is 0 Å². The molecule has 0 unspecified atom stereocenters. The van der Waals surface area contributed by atoms with E-state index in [9.17, 15) is 0 Å². The third-order valence-electron chi connectivity index (χ3n) is 11.6. The molecule has 0 atom stereocenters. The molecule has 0 saturated heterocycles. The highest BCUT2D eigenvalue weighted by molar-refractivity contribution is 7.26. The molecule has 12 aromatic rings. The number of thiophene rings is 1. The Bertz CT molecular complexity index is 3480. The van der Waals surface area contributed by atoms with Crippen molar-refractivity contribution in [1.29, 1.82) is 0 Å². The summed E-state index contributed by atoms with van der Waals surface area (Å²) in [6, 6.07) is 74.5. The van der Waals surface area contributed by atoms with E-state index in [-0.39, 0.29) is 0 Å². The van der Waals surface area contributed by atoms with E-state index in [4.69, 9.17) is 4.42 Å². The van der Waals surface area contributed by atoms with Crippen molar-refractivity contribution in [1.82, 2.24) is 4.57 Å². The highest BCUT2D eigenvalue weighted by Crippen LogP contribution is 2.43.